The molecule has 0 saturated carbocycles. The molecule has 1 aromatic rings. The number of esters is 1. The van der Waals surface area contributed by atoms with Crippen LogP contribution in [0.2, 0.25) is 0 Å². The van der Waals surface area contributed by atoms with Crippen molar-refractivity contribution < 1.29 is 18.7 Å². The first-order chi connectivity index (χ1) is 9.99. The zero-order chi connectivity index (χ0) is 15.9. The van der Waals surface area contributed by atoms with Crippen molar-refractivity contribution in [2.45, 2.75) is 46.9 Å². The van der Waals surface area contributed by atoms with Gasteiger partial charge in [-0.3, -0.25) is 4.48 Å². The second-order valence-corrected chi connectivity index (χ2v) is 5.54. The van der Waals surface area contributed by atoms with Crippen LogP contribution >= 0.6 is 0 Å². The van der Waals surface area contributed by atoms with Crippen molar-refractivity contribution in [3.8, 4) is 0 Å². The number of carbonyl (C=O) groups is 1. The summed E-state index contributed by atoms with van der Waals surface area (Å²) in [6.07, 6.45) is 0.664. The quantitative estimate of drug-likeness (QED) is 0.309. The molecule has 0 radical (unpaired) electrons. The van der Waals surface area contributed by atoms with Gasteiger partial charge in [0.1, 0.15) is 6.54 Å². The van der Waals surface area contributed by atoms with E-state index in [9.17, 15) is 4.79 Å². The average molecular weight is 309 g/mol. The summed E-state index contributed by atoms with van der Waals surface area (Å²) >= 11 is 0. The van der Waals surface area contributed by atoms with Crippen molar-refractivity contribution >= 4 is 5.97 Å². The van der Waals surface area contributed by atoms with Gasteiger partial charge in [0.2, 0.25) is 6.23 Å². The van der Waals surface area contributed by atoms with Gasteiger partial charge in [-0.25, -0.2) is 4.79 Å². The molecule has 4 heteroatoms. The van der Waals surface area contributed by atoms with E-state index >= 15 is 0 Å². The van der Waals surface area contributed by atoms with Crippen molar-refractivity contribution in [1.82, 2.24) is 0 Å². The number of benzene rings is 1. The van der Waals surface area contributed by atoms with Gasteiger partial charge in [-0.1, -0.05) is 43.8 Å². The summed E-state index contributed by atoms with van der Waals surface area (Å²) in [5.74, 6) is -0.292. The highest BCUT2D eigenvalue weighted by molar-refractivity contribution is 5.86. The third-order valence-corrected chi connectivity index (χ3v) is 4.15. The number of carbonyl (C=O) groups excluding carboxylic acids is 1. The maximum absolute atomic E-state index is 11.9. The molecule has 0 saturated heterocycles. The Morgan fingerprint density at radius 2 is 1.73 bits per heavy atom. The van der Waals surface area contributed by atoms with Crippen LogP contribution in [0.4, 0.5) is 0 Å². The molecule has 0 aliphatic heterocycles. The summed E-state index contributed by atoms with van der Waals surface area (Å²) in [5, 5.41) is 0. The summed E-state index contributed by atoms with van der Waals surface area (Å²) < 4.78 is 6.46. The molecule has 0 N–H and O–H groups in total. The minimum Gasteiger partial charge on any atom is -1.00 e. The molecule has 0 heterocycles. The Kier molecular flexibility index (Phi) is 8.65. The molecule has 3 nitrogen and oxygen atoms in total. The van der Waals surface area contributed by atoms with Crippen LogP contribution in [0, 0.1) is 0 Å². The normalized spacial score (nSPS) is 12.2. The predicted octanol–water partition coefficient (Wildman–Crippen LogP) is 0.903. The standard InChI is InChI=1S/C18H28NO2.FH/c1-6-17(21-18(20)15(4)5)19(7-2,8-3)14-16-12-10-9-11-13-16;/h9-13,17H,4,6-8,14H2,1-3,5H3;1H/q+1;/p-1. The predicted molar refractivity (Wildman–Crippen MR) is 86.5 cm³/mol. The van der Waals surface area contributed by atoms with Gasteiger partial charge in [-0.15, -0.1) is 0 Å². The first-order valence-corrected chi connectivity index (χ1v) is 7.75. The summed E-state index contributed by atoms with van der Waals surface area (Å²) in [4.78, 5) is 11.9. The number of hydrogen-bond donors (Lipinski definition) is 0. The maximum Gasteiger partial charge on any atom is 0.337 e. The molecule has 0 fully saturated rings. The third kappa shape index (κ3) is 4.95. The van der Waals surface area contributed by atoms with E-state index in [1.807, 2.05) is 6.07 Å². The van der Waals surface area contributed by atoms with Crippen LogP contribution in [0.15, 0.2) is 42.5 Å². The molecule has 124 valence electrons. The van der Waals surface area contributed by atoms with E-state index < -0.39 is 0 Å². The number of hydrogen-bond acceptors (Lipinski definition) is 2. The molecule has 22 heavy (non-hydrogen) atoms. The Balaban J connectivity index is 0.00000441. The van der Waals surface area contributed by atoms with E-state index in [0.29, 0.717) is 5.57 Å². The summed E-state index contributed by atoms with van der Waals surface area (Å²) in [6, 6.07) is 10.4. The topological polar surface area (TPSA) is 26.3 Å². The lowest BCUT2D eigenvalue weighted by Gasteiger charge is -2.42. The molecule has 1 aromatic carbocycles. The van der Waals surface area contributed by atoms with Crippen molar-refractivity contribution in [3.63, 3.8) is 0 Å². The highest BCUT2D eigenvalue weighted by Crippen LogP contribution is 2.23. The molecule has 1 rings (SSSR count). The number of nitrogens with zero attached hydrogens (tertiary/aromatic N) is 1. The number of rotatable bonds is 8. The average Bonchev–Trinajstić information content (AvgIpc) is 2.51. The minimum absolute atomic E-state index is 0. The van der Waals surface area contributed by atoms with E-state index in [1.54, 1.807) is 6.92 Å². The second kappa shape index (κ2) is 9.36. The van der Waals surface area contributed by atoms with Gasteiger partial charge in [0.15, 0.2) is 0 Å². The maximum atomic E-state index is 11.9. The van der Waals surface area contributed by atoms with Gasteiger partial charge in [-0.2, -0.15) is 0 Å². The SMILES string of the molecule is C=C(C)C(=O)OC(CC)[N+](CC)(CC)Cc1ccccc1.[F-]. The minimum atomic E-state index is -0.292. The van der Waals surface area contributed by atoms with Gasteiger partial charge in [0.25, 0.3) is 0 Å². The Morgan fingerprint density at radius 3 is 2.14 bits per heavy atom. The van der Waals surface area contributed by atoms with Gasteiger partial charge >= 0.3 is 5.97 Å². The van der Waals surface area contributed by atoms with Crippen molar-refractivity contribution in [2.24, 2.45) is 0 Å². The smallest absolute Gasteiger partial charge is 0.337 e. The summed E-state index contributed by atoms with van der Waals surface area (Å²) in [7, 11) is 0. The number of ether oxygens (including phenoxy) is 1. The van der Waals surface area contributed by atoms with Gasteiger partial charge in [0.05, 0.1) is 13.1 Å². The lowest BCUT2D eigenvalue weighted by atomic mass is 10.1. The van der Waals surface area contributed by atoms with Crippen molar-refractivity contribution in [2.75, 3.05) is 13.1 Å². The van der Waals surface area contributed by atoms with Crippen LogP contribution in [0.5, 0.6) is 0 Å². The van der Waals surface area contributed by atoms with Crippen LogP contribution in [0.3, 0.4) is 0 Å². The summed E-state index contributed by atoms with van der Waals surface area (Å²) in [5.41, 5.74) is 1.73. The zero-order valence-electron chi connectivity index (χ0n) is 14.1. The van der Waals surface area contributed by atoms with Crippen LogP contribution in [-0.2, 0) is 16.1 Å². The number of quaternary nitrogens is 1. The van der Waals surface area contributed by atoms with Crippen LogP contribution in [0.1, 0.15) is 39.7 Å². The Hall–Kier alpha value is -1.68. The van der Waals surface area contributed by atoms with Crippen LogP contribution in [0.25, 0.3) is 0 Å². The molecule has 0 aromatic heterocycles. The van der Waals surface area contributed by atoms with E-state index in [2.05, 4.69) is 51.6 Å². The molecule has 0 aliphatic rings. The van der Waals surface area contributed by atoms with Crippen molar-refractivity contribution in [3.05, 3.63) is 48.0 Å². The molecular weight excluding hydrogens is 281 g/mol. The Labute approximate surface area is 133 Å². The van der Waals surface area contributed by atoms with E-state index in [4.69, 9.17) is 4.74 Å². The lowest BCUT2D eigenvalue weighted by molar-refractivity contribution is -0.978. The molecule has 1 unspecified atom stereocenters. The van der Waals surface area contributed by atoms with Gasteiger partial charge in [0, 0.05) is 17.6 Å². The molecule has 0 spiro atoms. The Bertz CT molecular complexity index is 469. The fourth-order valence-electron chi connectivity index (χ4n) is 2.71. The van der Waals surface area contributed by atoms with E-state index in [1.165, 1.54) is 5.56 Å². The van der Waals surface area contributed by atoms with Crippen LogP contribution in [-0.4, -0.2) is 29.8 Å². The molecule has 0 bridgehead atoms. The van der Waals surface area contributed by atoms with E-state index in [0.717, 1.165) is 30.5 Å². The molecule has 0 amide bonds. The number of halogens is 1. The van der Waals surface area contributed by atoms with Gasteiger partial charge < -0.3 is 9.44 Å². The molecule has 0 aliphatic carbocycles. The lowest BCUT2D eigenvalue weighted by Crippen LogP contribution is -3.00. The molecule has 1 atom stereocenters. The fraction of sp³-hybridized carbons (Fsp3) is 0.500. The zero-order valence-corrected chi connectivity index (χ0v) is 14.1. The van der Waals surface area contributed by atoms with Crippen LogP contribution < -0.4 is 4.70 Å². The van der Waals surface area contributed by atoms with Crippen molar-refractivity contribution in [1.29, 1.82) is 0 Å². The van der Waals surface area contributed by atoms with Gasteiger partial charge in [-0.05, 0) is 20.8 Å². The third-order valence-electron chi connectivity index (χ3n) is 4.15. The highest BCUT2D eigenvalue weighted by Gasteiger charge is 2.36. The first-order valence-electron chi connectivity index (χ1n) is 7.75. The second-order valence-electron chi connectivity index (χ2n) is 5.54. The molecular formula is C18H28FNO2. The highest BCUT2D eigenvalue weighted by atomic mass is 19.0. The monoisotopic (exact) mass is 309 g/mol. The first kappa shape index (κ1) is 20.3. The summed E-state index contributed by atoms with van der Waals surface area (Å²) in [6.45, 7) is 14.5. The largest absolute Gasteiger partial charge is 1.00 e. The van der Waals surface area contributed by atoms with E-state index in [-0.39, 0.29) is 16.9 Å². The fourth-order valence-corrected chi connectivity index (χ4v) is 2.71. The Morgan fingerprint density at radius 1 is 1.18 bits per heavy atom.